The molecule has 3 aromatic rings. The number of aromatic nitrogens is 1. The quantitative estimate of drug-likeness (QED) is 0.535. The Morgan fingerprint density at radius 1 is 1.24 bits per heavy atom. The minimum absolute atomic E-state index is 0.0707. The molecule has 0 aliphatic carbocycles. The number of nitrogens with zero attached hydrogens (tertiary/aromatic N) is 3. The summed E-state index contributed by atoms with van der Waals surface area (Å²) in [5.41, 5.74) is 0.804. The van der Waals surface area contributed by atoms with Gasteiger partial charge in [-0.3, -0.25) is 4.79 Å². The van der Waals surface area contributed by atoms with Gasteiger partial charge in [-0.2, -0.15) is 10.2 Å². The van der Waals surface area contributed by atoms with E-state index in [-0.39, 0.29) is 23.4 Å². The third-order valence-corrected chi connectivity index (χ3v) is 5.42. The molecule has 0 bridgehead atoms. The Labute approximate surface area is 191 Å². The number of amides is 1. The monoisotopic (exact) mass is 450 g/mol. The standard InChI is InChI=1S/C24H26N4O5/c1-3-30-17-7-8-20(31-4-2)18(14-17)26-22(29)16-9-11-28(12-10-16)24-19(15-25)27-23(33-24)21-6-5-13-32-21/h5-8,13-14,16H,3-4,9-12H2,1-2H3,(H,26,29). The molecule has 0 spiro atoms. The fourth-order valence-electron chi connectivity index (χ4n) is 3.83. The number of benzene rings is 1. The lowest BCUT2D eigenvalue weighted by atomic mass is 9.95. The summed E-state index contributed by atoms with van der Waals surface area (Å²) in [6.45, 7) is 5.97. The minimum atomic E-state index is -0.176. The van der Waals surface area contributed by atoms with E-state index < -0.39 is 0 Å². The van der Waals surface area contributed by atoms with Crippen molar-refractivity contribution in [2.45, 2.75) is 26.7 Å². The van der Waals surface area contributed by atoms with Crippen LogP contribution >= 0.6 is 0 Å². The lowest BCUT2D eigenvalue weighted by Gasteiger charge is -2.31. The molecule has 0 unspecified atom stereocenters. The van der Waals surface area contributed by atoms with Gasteiger partial charge in [0.05, 0.1) is 25.2 Å². The molecule has 1 aromatic carbocycles. The SMILES string of the molecule is CCOc1ccc(OCC)c(NC(=O)C2CCN(c3oc(-c4ccco4)nc3C#N)CC2)c1. The van der Waals surface area contributed by atoms with E-state index in [1.807, 2.05) is 24.8 Å². The second kappa shape index (κ2) is 10.1. The van der Waals surface area contributed by atoms with E-state index in [4.69, 9.17) is 18.3 Å². The van der Waals surface area contributed by atoms with Crippen LogP contribution in [0.2, 0.25) is 0 Å². The molecule has 4 rings (SSSR count). The molecule has 0 atom stereocenters. The molecular weight excluding hydrogens is 424 g/mol. The molecule has 33 heavy (non-hydrogen) atoms. The number of piperidine rings is 1. The number of nitriles is 1. The van der Waals surface area contributed by atoms with Crippen LogP contribution in [-0.2, 0) is 4.79 Å². The zero-order valence-electron chi connectivity index (χ0n) is 18.7. The highest BCUT2D eigenvalue weighted by atomic mass is 16.5. The molecule has 1 fully saturated rings. The lowest BCUT2D eigenvalue weighted by molar-refractivity contribution is -0.120. The van der Waals surface area contributed by atoms with Crippen LogP contribution in [-0.4, -0.2) is 37.2 Å². The van der Waals surface area contributed by atoms with Crippen molar-refractivity contribution in [1.29, 1.82) is 5.26 Å². The summed E-state index contributed by atoms with van der Waals surface area (Å²) in [5, 5.41) is 12.5. The first-order valence-electron chi connectivity index (χ1n) is 11.0. The topological polar surface area (TPSA) is 114 Å². The van der Waals surface area contributed by atoms with Crippen LogP contribution in [0.1, 0.15) is 32.4 Å². The molecule has 3 heterocycles. The smallest absolute Gasteiger partial charge is 0.266 e. The number of hydrogen-bond donors (Lipinski definition) is 1. The maximum absolute atomic E-state index is 13.0. The molecule has 0 saturated carbocycles. The van der Waals surface area contributed by atoms with Gasteiger partial charge in [-0.05, 0) is 51.0 Å². The van der Waals surface area contributed by atoms with E-state index >= 15 is 0 Å². The molecule has 1 amide bonds. The number of anilines is 2. The Hall–Kier alpha value is -3.93. The van der Waals surface area contributed by atoms with Crippen LogP contribution in [0.3, 0.4) is 0 Å². The van der Waals surface area contributed by atoms with Crippen molar-refractivity contribution in [3.63, 3.8) is 0 Å². The summed E-state index contributed by atoms with van der Waals surface area (Å²) in [6, 6.07) is 11.0. The number of rotatable bonds is 8. The van der Waals surface area contributed by atoms with Crippen LogP contribution < -0.4 is 19.7 Å². The second-order valence-corrected chi connectivity index (χ2v) is 7.54. The van der Waals surface area contributed by atoms with Crippen molar-refractivity contribution in [2.75, 3.05) is 36.5 Å². The average molecular weight is 450 g/mol. The van der Waals surface area contributed by atoms with Crippen LogP contribution in [0.15, 0.2) is 45.4 Å². The van der Waals surface area contributed by atoms with Crippen molar-refractivity contribution in [2.24, 2.45) is 5.92 Å². The zero-order valence-corrected chi connectivity index (χ0v) is 18.7. The van der Waals surface area contributed by atoms with Crippen molar-refractivity contribution in [1.82, 2.24) is 4.98 Å². The van der Waals surface area contributed by atoms with Gasteiger partial charge in [0.1, 0.15) is 17.6 Å². The summed E-state index contributed by atoms with van der Waals surface area (Å²) in [5.74, 6) is 2.18. The third-order valence-electron chi connectivity index (χ3n) is 5.42. The fraction of sp³-hybridized carbons (Fsp3) is 0.375. The first-order chi connectivity index (χ1) is 16.1. The van der Waals surface area contributed by atoms with Gasteiger partial charge in [0, 0.05) is 25.1 Å². The molecule has 1 aliphatic heterocycles. The van der Waals surface area contributed by atoms with Crippen LogP contribution in [0, 0.1) is 17.2 Å². The van der Waals surface area contributed by atoms with Gasteiger partial charge in [-0.25, -0.2) is 0 Å². The van der Waals surface area contributed by atoms with E-state index in [2.05, 4.69) is 16.4 Å². The van der Waals surface area contributed by atoms with Crippen LogP contribution in [0.25, 0.3) is 11.7 Å². The highest BCUT2D eigenvalue weighted by Crippen LogP contribution is 2.33. The number of oxazole rings is 1. The van der Waals surface area contributed by atoms with Gasteiger partial charge in [-0.1, -0.05) is 0 Å². The first-order valence-corrected chi connectivity index (χ1v) is 11.0. The van der Waals surface area contributed by atoms with Gasteiger partial charge < -0.3 is 28.5 Å². The molecule has 9 heteroatoms. The van der Waals surface area contributed by atoms with E-state index in [0.717, 1.165) is 0 Å². The zero-order chi connectivity index (χ0) is 23.2. The summed E-state index contributed by atoms with van der Waals surface area (Å²) in [7, 11) is 0. The fourth-order valence-corrected chi connectivity index (χ4v) is 3.83. The first kappa shape index (κ1) is 22.3. The highest BCUT2D eigenvalue weighted by Gasteiger charge is 2.29. The molecule has 9 nitrogen and oxygen atoms in total. The van der Waals surface area contributed by atoms with Crippen molar-refractivity contribution in [3.8, 4) is 29.2 Å². The summed E-state index contributed by atoms with van der Waals surface area (Å²) >= 11 is 0. The Bertz CT molecular complexity index is 1120. The molecule has 1 N–H and O–H groups in total. The van der Waals surface area contributed by atoms with Crippen molar-refractivity contribution < 1.29 is 23.1 Å². The summed E-state index contributed by atoms with van der Waals surface area (Å²) in [4.78, 5) is 19.2. The second-order valence-electron chi connectivity index (χ2n) is 7.54. The Balaban J connectivity index is 1.42. The number of hydrogen-bond acceptors (Lipinski definition) is 8. The molecule has 0 radical (unpaired) electrons. The van der Waals surface area contributed by atoms with Gasteiger partial charge >= 0.3 is 0 Å². The maximum atomic E-state index is 13.0. The Morgan fingerprint density at radius 3 is 2.70 bits per heavy atom. The van der Waals surface area contributed by atoms with Gasteiger partial charge in [0.15, 0.2) is 5.76 Å². The highest BCUT2D eigenvalue weighted by molar-refractivity contribution is 5.94. The van der Waals surface area contributed by atoms with E-state index in [1.54, 1.807) is 24.3 Å². The number of carbonyl (C=O) groups excluding carboxylic acids is 1. The number of nitrogens with one attached hydrogen (secondary N) is 1. The Morgan fingerprint density at radius 2 is 2.03 bits per heavy atom. The predicted octanol–water partition coefficient (Wildman–Crippen LogP) is 4.46. The van der Waals surface area contributed by atoms with E-state index in [9.17, 15) is 10.1 Å². The molecule has 1 aliphatic rings. The summed E-state index contributed by atoms with van der Waals surface area (Å²) < 4.78 is 22.4. The van der Waals surface area contributed by atoms with Crippen LogP contribution in [0.4, 0.5) is 11.6 Å². The number of ether oxygens (including phenoxy) is 2. The largest absolute Gasteiger partial charge is 0.494 e. The maximum Gasteiger partial charge on any atom is 0.266 e. The molecular formula is C24H26N4O5. The predicted molar refractivity (Wildman–Crippen MR) is 121 cm³/mol. The van der Waals surface area contributed by atoms with Crippen molar-refractivity contribution in [3.05, 3.63) is 42.3 Å². The van der Waals surface area contributed by atoms with E-state index in [0.29, 0.717) is 68.0 Å². The average Bonchev–Trinajstić information content (AvgIpc) is 3.51. The van der Waals surface area contributed by atoms with E-state index in [1.165, 1.54) is 6.26 Å². The van der Waals surface area contributed by atoms with Crippen LogP contribution in [0.5, 0.6) is 11.5 Å². The minimum Gasteiger partial charge on any atom is -0.494 e. The number of furan rings is 1. The van der Waals surface area contributed by atoms with Crippen molar-refractivity contribution >= 4 is 17.5 Å². The lowest BCUT2D eigenvalue weighted by Crippen LogP contribution is -2.38. The molecule has 172 valence electrons. The molecule has 1 saturated heterocycles. The normalized spacial score (nSPS) is 14.0. The third kappa shape index (κ3) is 4.95. The molecule has 2 aromatic heterocycles. The van der Waals surface area contributed by atoms with Gasteiger partial charge in [-0.15, -0.1) is 0 Å². The Kier molecular flexibility index (Phi) is 6.83. The number of carbonyl (C=O) groups is 1. The van der Waals surface area contributed by atoms with Gasteiger partial charge in [0.2, 0.25) is 17.5 Å². The van der Waals surface area contributed by atoms with Gasteiger partial charge in [0.25, 0.3) is 5.89 Å². The summed E-state index contributed by atoms with van der Waals surface area (Å²) in [6.07, 6.45) is 2.75.